The molecule has 0 aliphatic rings. The van der Waals surface area contributed by atoms with Crippen molar-refractivity contribution in [1.82, 2.24) is 0 Å². The normalized spacial score (nSPS) is 15.6. The molecule has 0 aromatic rings. The van der Waals surface area contributed by atoms with E-state index >= 15 is 0 Å². The minimum Gasteiger partial charge on any atom is -0.466 e. The summed E-state index contributed by atoms with van der Waals surface area (Å²) < 4.78 is 5.20. The Morgan fingerprint density at radius 1 is 1.12 bits per heavy atom. The number of ether oxygens (including phenoxy) is 1. The zero-order valence-electron chi connectivity index (χ0n) is 11.9. The van der Waals surface area contributed by atoms with Gasteiger partial charge in [0.1, 0.15) is 0 Å². The van der Waals surface area contributed by atoms with Crippen molar-refractivity contribution in [3.05, 3.63) is 0 Å². The standard InChI is InChI=1S/C14H28O2/c1-7-10-11-14(6,8-2)13(4,5)12(15)16-9-3/h7-11H2,1-6H3. The molecule has 0 fully saturated rings. The van der Waals surface area contributed by atoms with Crippen LogP contribution in [0.15, 0.2) is 0 Å². The first-order valence-corrected chi connectivity index (χ1v) is 6.53. The Hall–Kier alpha value is -0.530. The molecule has 2 nitrogen and oxygen atoms in total. The monoisotopic (exact) mass is 228 g/mol. The minimum atomic E-state index is -0.396. The molecule has 1 unspecified atom stereocenters. The molecule has 0 saturated heterocycles. The molecule has 16 heavy (non-hydrogen) atoms. The van der Waals surface area contributed by atoms with Crippen LogP contribution in [-0.2, 0) is 9.53 Å². The molecule has 0 heterocycles. The van der Waals surface area contributed by atoms with E-state index in [0.29, 0.717) is 6.61 Å². The van der Waals surface area contributed by atoms with Gasteiger partial charge in [-0.25, -0.2) is 0 Å². The van der Waals surface area contributed by atoms with Crippen LogP contribution >= 0.6 is 0 Å². The highest BCUT2D eigenvalue weighted by Gasteiger charge is 2.45. The van der Waals surface area contributed by atoms with Gasteiger partial charge in [0.2, 0.25) is 0 Å². The van der Waals surface area contributed by atoms with Gasteiger partial charge in [0.25, 0.3) is 0 Å². The highest BCUT2D eigenvalue weighted by molar-refractivity contribution is 5.77. The van der Waals surface area contributed by atoms with Crippen LogP contribution in [-0.4, -0.2) is 12.6 Å². The Kier molecular flexibility index (Phi) is 6.06. The largest absolute Gasteiger partial charge is 0.466 e. The van der Waals surface area contributed by atoms with Crippen molar-refractivity contribution in [2.24, 2.45) is 10.8 Å². The molecule has 0 aliphatic carbocycles. The summed E-state index contributed by atoms with van der Waals surface area (Å²) >= 11 is 0. The number of hydrogen-bond donors (Lipinski definition) is 0. The maximum atomic E-state index is 12.0. The SMILES string of the molecule is CCCCC(C)(CC)C(C)(C)C(=O)OCC. The summed E-state index contributed by atoms with van der Waals surface area (Å²) in [5.74, 6) is -0.0598. The third-order valence-corrected chi connectivity index (χ3v) is 4.16. The highest BCUT2D eigenvalue weighted by atomic mass is 16.5. The number of unbranched alkanes of at least 4 members (excludes halogenated alkanes) is 1. The van der Waals surface area contributed by atoms with Gasteiger partial charge in [-0.2, -0.15) is 0 Å². The van der Waals surface area contributed by atoms with Crippen LogP contribution in [0.1, 0.15) is 67.2 Å². The Bertz CT molecular complexity index is 221. The average molecular weight is 228 g/mol. The predicted molar refractivity (Wildman–Crippen MR) is 68.3 cm³/mol. The van der Waals surface area contributed by atoms with E-state index in [1.165, 1.54) is 12.8 Å². The Labute approximate surface area is 101 Å². The van der Waals surface area contributed by atoms with Crippen LogP contribution in [0.25, 0.3) is 0 Å². The number of hydrogen-bond acceptors (Lipinski definition) is 2. The van der Waals surface area contributed by atoms with Crippen molar-refractivity contribution in [3.8, 4) is 0 Å². The number of esters is 1. The fraction of sp³-hybridized carbons (Fsp3) is 0.929. The second-order valence-corrected chi connectivity index (χ2v) is 5.36. The highest BCUT2D eigenvalue weighted by Crippen LogP contribution is 2.46. The van der Waals surface area contributed by atoms with Crippen molar-refractivity contribution in [2.45, 2.75) is 67.2 Å². The smallest absolute Gasteiger partial charge is 0.312 e. The Morgan fingerprint density at radius 2 is 1.69 bits per heavy atom. The van der Waals surface area contributed by atoms with Crippen molar-refractivity contribution in [2.75, 3.05) is 6.61 Å². The van der Waals surface area contributed by atoms with Crippen LogP contribution in [0.3, 0.4) is 0 Å². The molecule has 0 N–H and O–H groups in total. The van der Waals surface area contributed by atoms with E-state index in [1.54, 1.807) is 0 Å². The van der Waals surface area contributed by atoms with Gasteiger partial charge in [-0.1, -0.05) is 33.6 Å². The van der Waals surface area contributed by atoms with Gasteiger partial charge in [-0.05, 0) is 39.0 Å². The lowest BCUT2D eigenvalue weighted by Crippen LogP contribution is -2.42. The molecule has 0 rings (SSSR count). The Balaban J connectivity index is 4.82. The van der Waals surface area contributed by atoms with Gasteiger partial charge < -0.3 is 4.74 Å². The van der Waals surface area contributed by atoms with Crippen molar-refractivity contribution in [3.63, 3.8) is 0 Å². The van der Waals surface area contributed by atoms with Crippen LogP contribution < -0.4 is 0 Å². The van der Waals surface area contributed by atoms with E-state index in [-0.39, 0.29) is 11.4 Å². The van der Waals surface area contributed by atoms with E-state index < -0.39 is 5.41 Å². The lowest BCUT2D eigenvalue weighted by atomic mass is 9.62. The molecule has 0 bridgehead atoms. The average Bonchev–Trinajstić information content (AvgIpc) is 2.25. The number of rotatable bonds is 7. The summed E-state index contributed by atoms with van der Waals surface area (Å²) in [4.78, 5) is 12.0. The molecular weight excluding hydrogens is 200 g/mol. The molecule has 1 atom stereocenters. The third-order valence-electron chi connectivity index (χ3n) is 4.16. The molecule has 0 amide bonds. The topological polar surface area (TPSA) is 26.3 Å². The summed E-state index contributed by atoms with van der Waals surface area (Å²) in [7, 11) is 0. The van der Waals surface area contributed by atoms with Gasteiger partial charge in [0.15, 0.2) is 0 Å². The van der Waals surface area contributed by atoms with E-state index in [2.05, 4.69) is 20.8 Å². The minimum absolute atomic E-state index is 0.0370. The van der Waals surface area contributed by atoms with Gasteiger partial charge >= 0.3 is 5.97 Å². The van der Waals surface area contributed by atoms with Crippen LogP contribution in [0.4, 0.5) is 0 Å². The Morgan fingerprint density at radius 3 is 2.06 bits per heavy atom. The molecule has 0 spiro atoms. The first kappa shape index (κ1) is 15.5. The molecule has 0 aromatic heterocycles. The molecule has 0 saturated carbocycles. The quantitative estimate of drug-likeness (QED) is 0.611. The summed E-state index contributed by atoms with van der Waals surface area (Å²) in [5.41, 5.74) is -0.359. The fourth-order valence-corrected chi connectivity index (χ4v) is 2.06. The summed E-state index contributed by atoms with van der Waals surface area (Å²) in [6, 6.07) is 0. The van der Waals surface area contributed by atoms with E-state index in [4.69, 9.17) is 4.74 Å². The van der Waals surface area contributed by atoms with E-state index in [0.717, 1.165) is 12.8 Å². The second kappa shape index (κ2) is 6.27. The first-order valence-electron chi connectivity index (χ1n) is 6.53. The van der Waals surface area contributed by atoms with Crippen LogP contribution in [0.2, 0.25) is 0 Å². The molecular formula is C14H28O2. The zero-order chi connectivity index (χ0) is 12.8. The summed E-state index contributed by atoms with van der Waals surface area (Å²) in [6.45, 7) is 12.9. The van der Waals surface area contributed by atoms with E-state index in [9.17, 15) is 4.79 Å². The predicted octanol–water partition coefficient (Wildman–Crippen LogP) is 4.18. The zero-order valence-corrected chi connectivity index (χ0v) is 11.9. The first-order chi connectivity index (χ1) is 7.35. The molecule has 96 valence electrons. The van der Waals surface area contributed by atoms with Gasteiger partial charge in [-0.3, -0.25) is 4.79 Å². The summed E-state index contributed by atoms with van der Waals surface area (Å²) in [6.07, 6.45) is 4.45. The third kappa shape index (κ3) is 3.23. The molecule has 0 aromatic carbocycles. The second-order valence-electron chi connectivity index (χ2n) is 5.36. The van der Waals surface area contributed by atoms with Gasteiger partial charge in [-0.15, -0.1) is 0 Å². The van der Waals surface area contributed by atoms with Crippen molar-refractivity contribution in [1.29, 1.82) is 0 Å². The van der Waals surface area contributed by atoms with E-state index in [1.807, 2.05) is 20.8 Å². The summed E-state index contributed by atoms with van der Waals surface area (Å²) in [5, 5.41) is 0. The van der Waals surface area contributed by atoms with Gasteiger partial charge in [0.05, 0.1) is 12.0 Å². The van der Waals surface area contributed by atoms with Crippen LogP contribution in [0.5, 0.6) is 0 Å². The van der Waals surface area contributed by atoms with Crippen LogP contribution in [0, 0.1) is 10.8 Å². The molecule has 2 heteroatoms. The maximum Gasteiger partial charge on any atom is 0.312 e. The van der Waals surface area contributed by atoms with Gasteiger partial charge in [0, 0.05) is 0 Å². The molecule has 0 radical (unpaired) electrons. The fourth-order valence-electron chi connectivity index (χ4n) is 2.06. The maximum absolute atomic E-state index is 12.0. The number of carbonyl (C=O) groups is 1. The number of carbonyl (C=O) groups excluding carboxylic acids is 1. The lowest BCUT2D eigenvalue weighted by molar-refractivity contribution is -0.162. The van der Waals surface area contributed by atoms with Crippen molar-refractivity contribution >= 4 is 5.97 Å². The molecule has 0 aliphatic heterocycles. The van der Waals surface area contributed by atoms with Crippen molar-refractivity contribution < 1.29 is 9.53 Å². The lowest BCUT2D eigenvalue weighted by Gasteiger charge is -2.42.